The summed E-state index contributed by atoms with van der Waals surface area (Å²) >= 11 is 1.64. The number of rotatable bonds is 3. The Kier molecular flexibility index (Phi) is 5.97. The van der Waals surface area contributed by atoms with Gasteiger partial charge >= 0.3 is 0 Å². The van der Waals surface area contributed by atoms with Gasteiger partial charge in [0.15, 0.2) is 0 Å². The maximum Gasteiger partial charge on any atom is 0.232 e. The second-order valence-corrected chi connectivity index (χ2v) is 6.96. The van der Waals surface area contributed by atoms with E-state index in [1.807, 2.05) is 18.2 Å². The summed E-state index contributed by atoms with van der Waals surface area (Å²) in [4.78, 5) is 15.5. The van der Waals surface area contributed by atoms with Gasteiger partial charge in [-0.1, -0.05) is 18.2 Å². The topological polar surface area (TPSA) is 32.3 Å². The molecule has 3 nitrogen and oxygen atoms in total. The van der Waals surface area contributed by atoms with Crippen LogP contribution in [-0.4, -0.2) is 42.7 Å². The lowest BCUT2D eigenvalue weighted by molar-refractivity contribution is -0.130. The maximum atomic E-state index is 12.3. The highest BCUT2D eigenvalue weighted by Gasteiger charge is 2.37. The molecule has 116 valence electrons. The third-order valence-electron chi connectivity index (χ3n) is 4.61. The van der Waals surface area contributed by atoms with Crippen molar-refractivity contribution in [3.8, 4) is 0 Å². The van der Waals surface area contributed by atoms with Crippen LogP contribution in [0.4, 0.5) is 0 Å². The van der Waals surface area contributed by atoms with Crippen molar-refractivity contribution in [1.82, 2.24) is 10.2 Å². The number of carbonyl (C=O) groups excluding carboxylic acids is 1. The number of likely N-dealkylation sites (tertiary alicyclic amines) is 1. The van der Waals surface area contributed by atoms with Crippen LogP contribution in [0.25, 0.3) is 0 Å². The van der Waals surface area contributed by atoms with Crippen molar-refractivity contribution in [3.63, 3.8) is 0 Å². The minimum Gasteiger partial charge on any atom is -0.342 e. The summed E-state index contributed by atoms with van der Waals surface area (Å²) in [5.41, 5.74) is 0.489. The smallest absolute Gasteiger partial charge is 0.232 e. The molecule has 2 heterocycles. The minimum absolute atomic E-state index is 0. The van der Waals surface area contributed by atoms with E-state index in [2.05, 4.69) is 22.3 Å². The fourth-order valence-electron chi connectivity index (χ4n) is 3.21. The highest BCUT2D eigenvalue weighted by atomic mass is 35.5. The van der Waals surface area contributed by atoms with Crippen LogP contribution in [0.1, 0.15) is 19.3 Å². The zero-order valence-corrected chi connectivity index (χ0v) is 13.8. The van der Waals surface area contributed by atoms with Gasteiger partial charge in [-0.05, 0) is 43.4 Å². The van der Waals surface area contributed by atoms with Gasteiger partial charge in [0.05, 0.1) is 5.75 Å². The van der Waals surface area contributed by atoms with Crippen molar-refractivity contribution < 1.29 is 4.79 Å². The molecule has 2 aliphatic heterocycles. The third-order valence-corrected chi connectivity index (χ3v) is 5.61. The molecule has 0 bridgehead atoms. The lowest BCUT2D eigenvalue weighted by atomic mass is 9.78. The molecule has 1 amide bonds. The first-order valence-electron chi connectivity index (χ1n) is 7.44. The quantitative estimate of drug-likeness (QED) is 0.867. The first kappa shape index (κ1) is 16.7. The molecule has 0 saturated carbocycles. The van der Waals surface area contributed by atoms with E-state index in [1.54, 1.807) is 11.8 Å². The summed E-state index contributed by atoms with van der Waals surface area (Å²) < 4.78 is 0. The van der Waals surface area contributed by atoms with Gasteiger partial charge in [-0.15, -0.1) is 24.2 Å². The van der Waals surface area contributed by atoms with Crippen molar-refractivity contribution in [1.29, 1.82) is 0 Å². The number of hydrogen-bond acceptors (Lipinski definition) is 3. The van der Waals surface area contributed by atoms with Crippen LogP contribution in [0.15, 0.2) is 35.2 Å². The second-order valence-electron chi connectivity index (χ2n) is 5.91. The van der Waals surface area contributed by atoms with Crippen molar-refractivity contribution in [2.75, 3.05) is 31.9 Å². The van der Waals surface area contributed by atoms with Gasteiger partial charge in [-0.2, -0.15) is 0 Å². The minimum atomic E-state index is 0. The Labute approximate surface area is 137 Å². The van der Waals surface area contributed by atoms with Crippen molar-refractivity contribution in [2.24, 2.45) is 5.41 Å². The van der Waals surface area contributed by atoms with E-state index in [9.17, 15) is 4.79 Å². The summed E-state index contributed by atoms with van der Waals surface area (Å²) in [7, 11) is 0. The van der Waals surface area contributed by atoms with Crippen LogP contribution in [-0.2, 0) is 4.79 Å². The molecule has 0 aliphatic carbocycles. The number of carbonyl (C=O) groups is 1. The highest BCUT2D eigenvalue weighted by molar-refractivity contribution is 8.00. The molecular weight excluding hydrogens is 304 g/mol. The summed E-state index contributed by atoms with van der Waals surface area (Å²) in [5.74, 6) is 0.856. The Balaban J connectivity index is 0.00000161. The van der Waals surface area contributed by atoms with Gasteiger partial charge < -0.3 is 10.2 Å². The van der Waals surface area contributed by atoms with E-state index >= 15 is 0 Å². The van der Waals surface area contributed by atoms with Crippen LogP contribution >= 0.6 is 24.2 Å². The maximum absolute atomic E-state index is 12.3. The summed E-state index contributed by atoms with van der Waals surface area (Å²) in [6.07, 6.45) is 3.62. The normalized spacial score (nSPS) is 20.3. The molecule has 0 radical (unpaired) electrons. The Morgan fingerprint density at radius 1 is 1.19 bits per heavy atom. The number of benzene rings is 1. The molecule has 0 aromatic heterocycles. The SMILES string of the molecule is Cl.O=C(CSc1ccccc1)N1CCC2(CCNC2)CC1. The first-order valence-corrected chi connectivity index (χ1v) is 8.42. The molecule has 2 aliphatic rings. The van der Waals surface area contributed by atoms with Gasteiger partial charge in [0, 0.05) is 24.5 Å². The average Bonchev–Trinajstić information content (AvgIpc) is 2.95. The molecule has 21 heavy (non-hydrogen) atoms. The van der Waals surface area contributed by atoms with Crippen LogP contribution in [0, 0.1) is 5.41 Å². The van der Waals surface area contributed by atoms with E-state index in [1.165, 1.54) is 24.2 Å². The number of nitrogens with one attached hydrogen (secondary N) is 1. The van der Waals surface area contributed by atoms with Crippen LogP contribution in [0.2, 0.25) is 0 Å². The fraction of sp³-hybridized carbons (Fsp3) is 0.562. The zero-order chi connectivity index (χ0) is 13.8. The van der Waals surface area contributed by atoms with Gasteiger partial charge in [-0.25, -0.2) is 0 Å². The number of hydrogen-bond donors (Lipinski definition) is 1. The molecule has 2 fully saturated rings. The summed E-state index contributed by atoms with van der Waals surface area (Å²) in [6.45, 7) is 4.18. The fourth-order valence-corrected chi connectivity index (χ4v) is 4.03. The second kappa shape index (κ2) is 7.52. The molecule has 3 rings (SSSR count). The first-order chi connectivity index (χ1) is 9.77. The van der Waals surface area contributed by atoms with Gasteiger partial charge in [0.1, 0.15) is 0 Å². The van der Waals surface area contributed by atoms with Gasteiger partial charge in [0.2, 0.25) is 5.91 Å². The Morgan fingerprint density at radius 3 is 2.52 bits per heavy atom. The summed E-state index contributed by atoms with van der Waals surface area (Å²) in [5, 5.41) is 3.47. The standard InChI is InChI=1S/C16H22N2OS.ClH/c19-15(12-20-14-4-2-1-3-5-14)18-10-7-16(8-11-18)6-9-17-13-16;/h1-5,17H,6-13H2;1H. The lowest BCUT2D eigenvalue weighted by Crippen LogP contribution is -2.44. The molecular formula is C16H23ClN2OS. The molecule has 1 spiro atoms. The van der Waals surface area contributed by atoms with E-state index < -0.39 is 0 Å². The number of thioether (sulfide) groups is 1. The third kappa shape index (κ3) is 4.15. The number of piperidine rings is 1. The number of nitrogens with zero attached hydrogens (tertiary/aromatic N) is 1. The van der Waals surface area contributed by atoms with E-state index in [-0.39, 0.29) is 12.4 Å². The lowest BCUT2D eigenvalue weighted by Gasteiger charge is -2.38. The van der Waals surface area contributed by atoms with Crippen molar-refractivity contribution in [3.05, 3.63) is 30.3 Å². The number of amides is 1. The van der Waals surface area contributed by atoms with Gasteiger partial charge in [-0.3, -0.25) is 4.79 Å². The van der Waals surface area contributed by atoms with Crippen LogP contribution in [0.5, 0.6) is 0 Å². The molecule has 1 aromatic carbocycles. The van der Waals surface area contributed by atoms with Crippen LogP contribution < -0.4 is 5.32 Å². The molecule has 5 heteroatoms. The molecule has 1 aromatic rings. The highest BCUT2D eigenvalue weighted by Crippen LogP contribution is 2.37. The van der Waals surface area contributed by atoms with Gasteiger partial charge in [0.25, 0.3) is 0 Å². The average molecular weight is 327 g/mol. The summed E-state index contributed by atoms with van der Waals surface area (Å²) in [6, 6.07) is 10.2. The Hall–Kier alpha value is -0.710. The van der Waals surface area contributed by atoms with E-state index in [0.29, 0.717) is 17.1 Å². The molecule has 1 N–H and O–H groups in total. The zero-order valence-electron chi connectivity index (χ0n) is 12.2. The Morgan fingerprint density at radius 2 is 1.90 bits per heavy atom. The van der Waals surface area contributed by atoms with E-state index in [0.717, 1.165) is 26.2 Å². The number of halogens is 1. The van der Waals surface area contributed by atoms with E-state index in [4.69, 9.17) is 0 Å². The monoisotopic (exact) mass is 326 g/mol. The Bertz CT molecular complexity index is 453. The molecule has 2 saturated heterocycles. The largest absolute Gasteiger partial charge is 0.342 e. The predicted octanol–water partition coefficient (Wildman–Crippen LogP) is 2.80. The molecule has 0 unspecified atom stereocenters. The molecule has 0 atom stereocenters. The van der Waals surface area contributed by atoms with Crippen molar-refractivity contribution in [2.45, 2.75) is 24.2 Å². The van der Waals surface area contributed by atoms with Crippen molar-refractivity contribution >= 4 is 30.1 Å². The predicted molar refractivity (Wildman–Crippen MR) is 90.1 cm³/mol. The van der Waals surface area contributed by atoms with Crippen LogP contribution in [0.3, 0.4) is 0 Å².